The molecule has 2 rings (SSSR count). The van der Waals surface area contributed by atoms with Crippen LogP contribution in [0.4, 0.5) is 5.95 Å². The van der Waals surface area contributed by atoms with Crippen molar-refractivity contribution in [3.05, 3.63) is 12.4 Å². The second-order valence-corrected chi connectivity index (χ2v) is 5.01. The van der Waals surface area contributed by atoms with E-state index < -0.39 is 0 Å². The van der Waals surface area contributed by atoms with E-state index in [1.165, 1.54) is 19.3 Å². The molecule has 0 spiro atoms. The molecule has 0 unspecified atom stereocenters. The third kappa shape index (κ3) is 4.06. The predicted octanol–water partition coefficient (Wildman–Crippen LogP) is 2.13. The van der Waals surface area contributed by atoms with E-state index in [1.807, 2.05) is 0 Å². The zero-order valence-corrected chi connectivity index (χ0v) is 11.8. The van der Waals surface area contributed by atoms with E-state index in [1.54, 1.807) is 26.6 Å². The van der Waals surface area contributed by atoms with E-state index in [4.69, 9.17) is 9.47 Å². The molecule has 5 nitrogen and oxygen atoms in total. The summed E-state index contributed by atoms with van der Waals surface area (Å²) in [6.45, 7) is 2.96. The lowest BCUT2D eigenvalue weighted by Crippen LogP contribution is -2.36. The van der Waals surface area contributed by atoms with Crippen LogP contribution in [-0.2, 0) is 4.74 Å². The lowest BCUT2D eigenvalue weighted by Gasteiger charge is -2.32. The van der Waals surface area contributed by atoms with Crippen LogP contribution < -0.4 is 9.64 Å². The standard InChI is InChI=1S/C14H23N3O2/c1-18-8-4-6-12-5-3-7-17(11-12)14-15-9-13(19-2)10-16-14/h9-10,12H,3-8,11H2,1-2H3/t12-/m1/s1. The lowest BCUT2D eigenvalue weighted by molar-refractivity contribution is 0.184. The maximum absolute atomic E-state index is 5.12. The van der Waals surface area contributed by atoms with Crippen LogP contribution in [0, 0.1) is 5.92 Å². The number of piperidine rings is 1. The van der Waals surface area contributed by atoms with Gasteiger partial charge in [-0.25, -0.2) is 9.97 Å². The van der Waals surface area contributed by atoms with Gasteiger partial charge in [0.05, 0.1) is 19.5 Å². The Balaban J connectivity index is 1.88. The Labute approximate surface area is 115 Å². The second-order valence-electron chi connectivity index (χ2n) is 5.01. The molecule has 1 aliphatic heterocycles. The van der Waals surface area contributed by atoms with Gasteiger partial charge in [-0.1, -0.05) is 0 Å². The highest BCUT2D eigenvalue weighted by atomic mass is 16.5. The molecule has 0 saturated carbocycles. The quantitative estimate of drug-likeness (QED) is 0.737. The summed E-state index contributed by atoms with van der Waals surface area (Å²) in [5.41, 5.74) is 0. The van der Waals surface area contributed by atoms with Gasteiger partial charge in [-0.05, 0) is 31.6 Å². The molecule has 1 saturated heterocycles. The van der Waals surface area contributed by atoms with Gasteiger partial charge in [0.15, 0.2) is 5.75 Å². The van der Waals surface area contributed by atoms with Crippen LogP contribution >= 0.6 is 0 Å². The molecule has 1 aromatic rings. The highest BCUT2D eigenvalue weighted by molar-refractivity contribution is 5.32. The van der Waals surface area contributed by atoms with Crippen molar-refractivity contribution < 1.29 is 9.47 Å². The summed E-state index contributed by atoms with van der Waals surface area (Å²) < 4.78 is 10.2. The summed E-state index contributed by atoms with van der Waals surface area (Å²) in [5, 5.41) is 0. The summed E-state index contributed by atoms with van der Waals surface area (Å²) in [6.07, 6.45) is 8.34. The van der Waals surface area contributed by atoms with E-state index in [2.05, 4.69) is 14.9 Å². The van der Waals surface area contributed by atoms with Gasteiger partial charge in [0.2, 0.25) is 5.95 Å². The molecular weight excluding hydrogens is 242 g/mol. The van der Waals surface area contributed by atoms with Gasteiger partial charge in [-0.3, -0.25) is 0 Å². The number of rotatable bonds is 6. The lowest BCUT2D eigenvalue weighted by atomic mass is 9.94. The van der Waals surface area contributed by atoms with Crippen molar-refractivity contribution in [2.45, 2.75) is 25.7 Å². The fourth-order valence-electron chi connectivity index (χ4n) is 2.58. The van der Waals surface area contributed by atoms with Crippen LogP contribution in [0.3, 0.4) is 0 Å². The third-order valence-corrected chi connectivity index (χ3v) is 3.61. The van der Waals surface area contributed by atoms with Gasteiger partial charge in [0.1, 0.15) is 0 Å². The van der Waals surface area contributed by atoms with Crippen molar-refractivity contribution in [2.75, 3.05) is 38.8 Å². The maximum atomic E-state index is 5.12. The minimum Gasteiger partial charge on any atom is -0.494 e. The van der Waals surface area contributed by atoms with Gasteiger partial charge in [-0.15, -0.1) is 0 Å². The molecule has 5 heteroatoms. The van der Waals surface area contributed by atoms with Gasteiger partial charge in [0, 0.05) is 26.8 Å². The van der Waals surface area contributed by atoms with E-state index in [-0.39, 0.29) is 0 Å². The normalized spacial score (nSPS) is 19.5. The van der Waals surface area contributed by atoms with Crippen molar-refractivity contribution >= 4 is 5.95 Å². The largest absolute Gasteiger partial charge is 0.494 e. The van der Waals surface area contributed by atoms with Crippen LogP contribution in [0.25, 0.3) is 0 Å². The topological polar surface area (TPSA) is 47.5 Å². The van der Waals surface area contributed by atoms with Crippen molar-refractivity contribution in [1.29, 1.82) is 0 Å². The summed E-state index contributed by atoms with van der Waals surface area (Å²) in [7, 11) is 3.39. The minimum absolute atomic E-state index is 0.706. The maximum Gasteiger partial charge on any atom is 0.225 e. The molecule has 1 atom stereocenters. The molecule has 106 valence electrons. The number of anilines is 1. The number of hydrogen-bond acceptors (Lipinski definition) is 5. The number of hydrogen-bond donors (Lipinski definition) is 0. The molecule has 0 amide bonds. The zero-order valence-electron chi connectivity index (χ0n) is 11.8. The zero-order chi connectivity index (χ0) is 13.5. The summed E-state index contributed by atoms with van der Waals surface area (Å²) in [5.74, 6) is 2.25. The van der Waals surface area contributed by atoms with Gasteiger partial charge in [0.25, 0.3) is 0 Å². The molecular formula is C14H23N3O2. The Morgan fingerprint density at radius 2 is 2.11 bits per heavy atom. The molecule has 2 heterocycles. The average Bonchev–Trinajstić information content (AvgIpc) is 2.48. The molecule has 1 aromatic heterocycles. The molecule has 0 aliphatic carbocycles. The summed E-state index contributed by atoms with van der Waals surface area (Å²) >= 11 is 0. The third-order valence-electron chi connectivity index (χ3n) is 3.61. The first-order valence-electron chi connectivity index (χ1n) is 6.93. The number of aromatic nitrogens is 2. The van der Waals surface area contributed by atoms with Gasteiger partial charge in [-0.2, -0.15) is 0 Å². The Morgan fingerprint density at radius 3 is 2.79 bits per heavy atom. The number of nitrogens with zero attached hydrogens (tertiary/aromatic N) is 3. The highest BCUT2D eigenvalue weighted by Crippen LogP contribution is 2.24. The van der Waals surface area contributed by atoms with Crippen molar-refractivity contribution in [2.24, 2.45) is 5.92 Å². The van der Waals surface area contributed by atoms with Crippen molar-refractivity contribution in [1.82, 2.24) is 9.97 Å². The Hall–Kier alpha value is -1.36. The molecule has 1 fully saturated rings. The van der Waals surface area contributed by atoms with Crippen molar-refractivity contribution in [3.63, 3.8) is 0 Å². The number of methoxy groups -OCH3 is 2. The molecule has 0 aromatic carbocycles. The first-order valence-corrected chi connectivity index (χ1v) is 6.93. The molecule has 19 heavy (non-hydrogen) atoms. The average molecular weight is 265 g/mol. The van der Waals surface area contributed by atoms with E-state index in [0.29, 0.717) is 5.75 Å². The first kappa shape index (κ1) is 14.1. The Bertz CT molecular complexity index is 369. The van der Waals surface area contributed by atoms with Crippen LogP contribution in [0.1, 0.15) is 25.7 Å². The predicted molar refractivity (Wildman–Crippen MR) is 74.6 cm³/mol. The molecule has 0 radical (unpaired) electrons. The Morgan fingerprint density at radius 1 is 1.32 bits per heavy atom. The van der Waals surface area contributed by atoms with Gasteiger partial charge < -0.3 is 14.4 Å². The van der Waals surface area contributed by atoms with Crippen LogP contribution in [-0.4, -0.2) is 43.9 Å². The number of ether oxygens (including phenoxy) is 2. The fourth-order valence-corrected chi connectivity index (χ4v) is 2.58. The highest BCUT2D eigenvalue weighted by Gasteiger charge is 2.21. The minimum atomic E-state index is 0.706. The summed E-state index contributed by atoms with van der Waals surface area (Å²) in [6, 6.07) is 0. The van der Waals surface area contributed by atoms with Crippen LogP contribution in [0.15, 0.2) is 12.4 Å². The molecule has 1 aliphatic rings. The van der Waals surface area contributed by atoms with Crippen LogP contribution in [0.2, 0.25) is 0 Å². The van der Waals surface area contributed by atoms with Crippen LogP contribution in [0.5, 0.6) is 5.75 Å². The van der Waals surface area contributed by atoms with E-state index in [0.717, 1.165) is 38.0 Å². The smallest absolute Gasteiger partial charge is 0.225 e. The molecule has 0 N–H and O–H groups in total. The SMILES string of the molecule is COCCC[C@H]1CCCN(c2ncc(OC)cn2)C1. The first-order chi connectivity index (χ1) is 9.33. The monoisotopic (exact) mass is 265 g/mol. The second kappa shape index (κ2) is 7.28. The van der Waals surface area contributed by atoms with E-state index in [9.17, 15) is 0 Å². The van der Waals surface area contributed by atoms with Gasteiger partial charge >= 0.3 is 0 Å². The molecule has 0 bridgehead atoms. The van der Waals surface area contributed by atoms with E-state index >= 15 is 0 Å². The summed E-state index contributed by atoms with van der Waals surface area (Å²) in [4.78, 5) is 11.0. The van der Waals surface area contributed by atoms with Crippen molar-refractivity contribution in [3.8, 4) is 5.75 Å². The Kier molecular flexibility index (Phi) is 5.39. The fraction of sp³-hybridized carbons (Fsp3) is 0.714.